The number of halogens is 1. The van der Waals surface area contributed by atoms with Gasteiger partial charge in [-0.3, -0.25) is 0 Å². The molecule has 0 saturated carbocycles. The first-order valence-corrected chi connectivity index (χ1v) is 7.85. The van der Waals surface area contributed by atoms with Crippen molar-refractivity contribution in [2.45, 2.75) is 11.9 Å². The molecule has 0 bridgehead atoms. The fourth-order valence-electron chi connectivity index (χ4n) is 1.62. The maximum Gasteiger partial charge on any atom is 0.338 e. The Morgan fingerprint density at radius 1 is 1.33 bits per heavy atom. The van der Waals surface area contributed by atoms with Crippen molar-refractivity contribution in [1.29, 1.82) is 0 Å². The maximum atomic E-state index is 11.6. The molecule has 0 radical (unpaired) electrons. The Kier molecular flexibility index (Phi) is 5.41. The summed E-state index contributed by atoms with van der Waals surface area (Å²) in [5.74, 6) is 0.266. The summed E-state index contributed by atoms with van der Waals surface area (Å²) in [4.78, 5) is 19.7. The van der Waals surface area contributed by atoms with Crippen molar-refractivity contribution in [2.75, 3.05) is 18.2 Å². The minimum atomic E-state index is -0.334. The molecule has 21 heavy (non-hydrogen) atoms. The molecule has 0 atom stereocenters. The van der Waals surface area contributed by atoms with Crippen molar-refractivity contribution in [3.63, 3.8) is 0 Å². The van der Waals surface area contributed by atoms with Crippen LogP contribution in [0.15, 0.2) is 35.4 Å². The molecule has 1 aromatic heterocycles. The van der Waals surface area contributed by atoms with E-state index in [2.05, 4.69) is 15.3 Å². The lowest BCUT2D eigenvalue weighted by Gasteiger charge is -2.08. The summed E-state index contributed by atoms with van der Waals surface area (Å²) in [7, 11) is 0. The van der Waals surface area contributed by atoms with E-state index in [1.165, 1.54) is 11.8 Å². The molecule has 0 spiro atoms. The molecule has 0 aliphatic rings. The molecular weight excluding hydrogens is 310 g/mol. The number of carbonyl (C=O) groups excluding carboxylic acids is 1. The van der Waals surface area contributed by atoms with E-state index in [0.29, 0.717) is 18.0 Å². The van der Waals surface area contributed by atoms with Gasteiger partial charge in [0.1, 0.15) is 10.8 Å². The highest BCUT2D eigenvalue weighted by molar-refractivity contribution is 7.98. The van der Waals surface area contributed by atoms with Crippen molar-refractivity contribution in [1.82, 2.24) is 9.97 Å². The zero-order chi connectivity index (χ0) is 15.2. The number of esters is 1. The van der Waals surface area contributed by atoms with Gasteiger partial charge in [-0.2, -0.15) is 0 Å². The van der Waals surface area contributed by atoms with Crippen LogP contribution in [-0.2, 0) is 4.74 Å². The molecule has 0 unspecified atom stereocenters. The smallest absolute Gasteiger partial charge is 0.338 e. The van der Waals surface area contributed by atoms with E-state index in [1.54, 1.807) is 37.3 Å². The van der Waals surface area contributed by atoms with Gasteiger partial charge in [-0.25, -0.2) is 14.8 Å². The van der Waals surface area contributed by atoms with Gasteiger partial charge in [-0.05, 0) is 49.0 Å². The number of rotatable bonds is 5. The first-order chi connectivity index (χ1) is 10.1. The molecular formula is C14H14ClN3O2S. The zero-order valence-electron chi connectivity index (χ0n) is 11.6. The number of anilines is 2. The number of benzene rings is 1. The third-order valence-corrected chi connectivity index (χ3v) is 3.35. The van der Waals surface area contributed by atoms with Gasteiger partial charge >= 0.3 is 5.97 Å². The van der Waals surface area contributed by atoms with Crippen LogP contribution in [0.25, 0.3) is 0 Å². The topological polar surface area (TPSA) is 64.1 Å². The fourth-order valence-corrected chi connectivity index (χ4v) is 2.26. The first-order valence-electron chi connectivity index (χ1n) is 6.25. The van der Waals surface area contributed by atoms with Gasteiger partial charge < -0.3 is 10.1 Å². The average Bonchev–Trinajstić information content (AvgIpc) is 2.47. The minimum Gasteiger partial charge on any atom is -0.462 e. The Bertz CT molecular complexity index is 635. The fraction of sp³-hybridized carbons (Fsp3) is 0.214. The van der Waals surface area contributed by atoms with Crippen molar-refractivity contribution >= 4 is 40.8 Å². The Morgan fingerprint density at radius 2 is 2.05 bits per heavy atom. The number of hydrogen-bond donors (Lipinski definition) is 1. The van der Waals surface area contributed by atoms with Crippen LogP contribution in [0.3, 0.4) is 0 Å². The van der Waals surface area contributed by atoms with Gasteiger partial charge in [-0.15, -0.1) is 11.8 Å². The molecule has 0 aliphatic carbocycles. The summed E-state index contributed by atoms with van der Waals surface area (Å²) in [6, 6.07) is 8.75. The van der Waals surface area contributed by atoms with Crippen LogP contribution in [0.4, 0.5) is 11.5 Å². The van der Waals surface area contributed by atoms with E-state index in [4.69, 9.17) is 16.3 Å². The van der Waals surface area contributed by atoms with Gasteiger partial charge in [0.05, 0.1) is 12.2 Å². The largest absolute Gasteiger partial charge is 0.462 e. The number of nitrogens with one attached hydrogen (secondary N) is 1. The van der Waals surface area contributed by atoms with Gasteiger partial charge in [0.25, 0.3) is 0 Å². The van der Waals surface area contributed by atoms with Crippen molar-refractivity contribution in [3.05, 3.63) is 41.2 Å². The lowest BCUT2D eigenvalue weighted by atomic mass is 10.2. The van der Waals surface area contributed by atoms with Gasteiger partial charge in [0.15, 0.2) is 0 Å². The third kappa shape index (κ3) is 4.34. The summed E-state index contributed by atoms with van der Waals surface area (Å²) in [5.41, 5.74) is 1.30. The molecule has 7 heteroatoms. The Balaban J connectivity index is 2.13. The summed E-state index contributed by atoms with van der Waals surface area (Å²) in [5, 5.41) is 4.08. The van der Waals surface area contributed by atoms with E-state index >= 15 is 0 Å². The van der Waals surface area contributed by atoms with E-state index in [9.17, 15) is 4.79 Å². The van der Waals surface area contributed by atoms with Gasteiger partial charge in [-0.1, -0.05) is 0 Å². The van der Waals surface area contributed by atoms with Crippen LogP contribution < -0.4 is 5.32 Å². The number of ether oxygens (including phenoxy) is 1. The Hall–Kier alpha value is -1.79. The highest BCUT2D eigenvalue weighted by Crippen LogP contribution is 2.21. The Labute approximate surface area is 132 Å². The molecule has 0 saturated heterocycles. The molecule has 1 N–H and O–H groups in total. The number of nitrogens with zero attached hydrogens (tertiary/aromatic N) is 2. The molecule has 110 valence electrons. The van der Waals surface area contributed by atoms with Crippen LogP contribution in [0.1, 0.15) is 17.3 Å². The number of thioether (sulfide) groups is 1. The second kappa shape index (κ2) is 7.28. The van der Waals surface area contributed by atoms with Crippen LogP contribution in [0.2, 0.25) is 5.28 Å². The molecule has 1 aromatic carbocycles. The second-order valence-corrected chi connectivity index (χ2v) is 5.15. The minimum absolute atomic E-state index is 0.187. The summed E-state index contributed by atoms with van der Waals surface area (Å²) in [6.45, 7) is 2.13. The third-order valence-electron chi connectivity index (χ3n) is 2.55. The molecule has 2 aromatic rings. The molecule has 0 amide bonds. The predicted molar refractivity (Wildman–Crippen MR) is 84.5 cm³/mol. The number of aromatic nitrogens is 2. The van der Waals surface area contributed by atoms with Crippen LogP contribution in [0.5, 0.6) is 0 Å². The van der Waals surface area contributed by atoms with Crippen molar-refractivity contribution in [3.8, 4) is 0 Å². The number of hydrogen-bond acceptors (Lipinski definition) is 6. The highest BCUT2D eigenvalue weighted by Gasteiger charge is 2.07. The lowest BCUT2D eigenvalue weighted by Crippen LogP contribution is -2.04. The van der Waals surface area contributed by atoms with E-state index in [0.717, 1.165) is 10.7 Å². The van der Waals surface area contributed by atoms with E-state index in [-0.39, 0.29) is 11.3 Å². The van der Waals surface area contributed by atoms with Crippen LogP contribution >= 0.6 is 23.4 Å². The molecule has 1 heterocycles. The summed E-state index contributed by atoms with van der Waals surface area (Å²) >= 11 is 7.34. The predicted octanol–water partition coefficient (Wildman–Crippen LogP) is 3.77. The molecule has 0 fully saturated rings. The average molecular weight is 324 g/mol. The Morgan fingerprint density at radius 3 is 2.67 bits per heavy atom. The van der Waals surface area contributed by atoms with Crippen LogP contribution in [0, 0.1) is 0 Å². The highest BCUT2D eigenvalue weighted by atomic mass is 35.5. The van der Waals surface area contributed by atoms with Crippen LogP contribution in [-0.4, -0.2) is 28.8 Å². The SMILES string of the molecule is CCOC(=O)c1ccc(Nc2cc(SC)nc(Cl)n2)cc1. The normalized spacial score (nSPS) is 10.2. The summed E-state index contributed by atoms with van der Waals surface area (Å²) < 4.78 is 4.93. The zero-order valence-corrected chi connectivity index (χ0v) is 13.2. The van der Waals surface area contributed by atoms with E-state index in [1.807, 2.05) is 6.26 Å². The molecule has 2 rings (SSSR count). The standard InChI is InChI=1S/C14H14ClN3O2S/c1-3-20-13(19)9-4-6-10(7-5-9)16-11-8-12(21-2)18-14(15)17-11/h4-8H,3H2,1-2H3,(H,16,17,18). The van der Waals surface area contributed by atoms with Crippen molar-refractivity contribution < 1.29 is 9.53 Å². The quantitative estimate of drug-likeness (QED) is 0.391. The first kappa shape index (κ1) is 15.6. The molecule has 5 nitrogen and oxygen atoms in total. The second-order valence-electron chi connectivity index (χ2n) is 3.99. The maximum absolute atomic E-state index is 11.6. The number of carbonyl (C=O) groups is 1. The summed E-state index contributed by atoms with van der Waals surface area (Å²) in [6.07, 6.45) is 1.91. The van der Waals surface area contributed by atoms with Gasteiger partial charge in [0, 0.05) is 11.8 Å². The van der Waals surface area contributed by atoms with E-state index < -0.39 is 0 Å². The van der Waals surface area contributed by atoms with Crippen molar-refractivity contribution in [2.24, 2.45) is 0 Å². The lowest BCUT2D eigenvalue weighted by molar-refractivity contribution is 0.0526. The molecule has 0 aliphatic heterocycles. The monoisotopic (exact) mass is 323 g/mol. The van der Waals surface area contributed by atoms with Gasteiger partial charge in [0.2, 0.25) is 5.28 Å².